The largest absolute Gasteiger partial charge is 0.496 e. The van der Waals surface area contributed by atoms with Crippen LogP contribution >= 0.6 is 0 Å². The van der Waals surface area contributed by atoms with E-state index in [0.717, 1.165) is 12.3 Å². The molecule has 1 N–H and O–H groups in total. The molecular weight excluding hydrogens is 210 g/mol. The van der Waals surface area contributed by atoms with E-state index in [-0.39, 0.29) is 0 Å². The molecule has 0 aromatic heterocycles. The van der Waals surface area contributed by atoms with Crippen molar-refractivity contribution in [3.8, 4) is 5.75 Å². The van der Waals surface area contributed by atoms with E-state index in [1.54, 1.807) is 7.11 Å². The van der Waals surface area contributed by atoms with Crippen molar-refractivity contribution in [3.63, 3.8) is 0 Å². The minimum Gasteiger partial charge on any atom is -0.496 e. The third-order valence-electron chi connectivity index (χ3n) is 3.83. The predicted molar refractivity (Wildman–Crippen MR) is 71.9 cm³/mol. The summed E-state index contributed by atoms with van der Waals surface area (Å²) in [5.41, 5.74) is 3.19. The number of methoxy groups -OCH3 is 1. The number of ether oxygens (including phenoxy) is 1. The fourth-order valence-electron chi connectivity index (χ4n) is 2.57. The van der Waals surface area contributed by atoms with Gasteiger partial charge in [-0.3, -0.25) is 0 Å². The van der Waals surface area contributed by atoms with Gasteiger partial charge in [-0.1, -0.05) is 26.0 Å². The summed E-state index contributed by atoms with van der Waals surface area (Å²) in [6, 6.07) is 6.70. The van der Waals surface area contributed by atoms with E-state index in [0.29, 0.717) is 11.3 Å². The van der Waals surface area contributed by atoms with E-state index in [9.17, 15) is 0 Å². The molecule has 0 atom stereocenters. The molecule has 0 amide bonds. The van der Waals surface area contributed by atoms with Crippen molar-refractivity contribution >= 4 is 0 Å². The fourth-order valence-corrected chi connectivity index (χ4v) is 2.57. The van der Waals surface area contributed by atoms with E-state index in [4.69, 9.17) is 4.74 Å². The lowest BCUT2D eigenvalue weighted by Crippen LogP contribution is -2.23. The highest BCUT2D eigenvalue weighted by molar-refractivity contribution is 5.44. The number of nitrogens with one attached hydrogen (secondary N) is 1. The molecule has 1 aromatic rings. The summed E-state index contributed by atoms with van der Waals surface area (Å²) in [5, 5.41) is 3.31. The Hall–Kier alpha value is -1.02. The molecule has 94 valence electrons. The Morgan fingerprint density at radius 3 is 2.53 bits per heavy atom. The molecule has 0 bridgehead atoms. The van der Waals surface area contributed by atoms with Crippen LogP contribution < -0.4 is 10.1 Å². The van der Waals surface area contributed by atoms with Crippen LogP contribution in [0, 0.1) is 0 Å². The zero-order valence-electron chi connectivity index (χ0n) is 11.3. The van der Waals surface area contributed by atoms with E-state index in [2.05, 4.69) is 37.4 Å². The lowest BCUT2D eigenvalue weighted by molar-refractivity contribution is 0.407. The molecule has 1 saturated carbocycles. The van der Waals surface area contributed by atoms with Gasteiger partial charge in [-0.05, 0) is 43.0 Å². The van der Waals surface area contributed by atoms with Gasteiger partial charge in [-0.2, -0.15) is 0 Å². The minimum absolute atomic E-state index is 0.394. The Labute approximate surface area is 104 Å². The monoisotopic (exact) mass is 233 g/mol. The molecule has 0 spiro atoms. The third kappa shape index (κ3) is 2.32. The number of benzene rings is 1. The van der Waals surface area contributed by atoms with Crippen LogP contribution in [-0.2, 0) is 5.41 Å². The van der Waals surface area contributed by atoms with Gasteiger partial charge in [-0.25, -0.2) is 0 Å². The summed E-state index contributed by atoms with van der Waals surface area (Å²) < 4.78 is 5.44. The van der Waals surface area contributed by atoms with Gasteiger partial charge < -0.3 is 10.1 Å². The standard InChI is InChI=1S/C15H23NO/c1-11(2)13-9-12(5-6-14(13)17-4)15(7-8-15)10-16-3/h5-6,9,11,16H,7-8,10H2,1-4H3. The average molecular weight is 233 g/mol. The zero-order valence-corrected chi connectivity index (χ0v) is 11.3. The van der Waals surface area contributed by atoms with Crippen molar-refractivity contribution < 1.29 is 4.74 Å². The quantitative estimate of drug-likeness (QED) is 0.844. The van der Waals surface area contributed by atoms with Crippen LogP contribution in [0.3, 0.4) is 0 Å². The molecule has 0 saturated heterocycles. The molecular formula is C15H23NO. The second-order valence-corrected chi connectivity index (χ2v) is 5.42. The van der Waals surface area contributed by atoms with Crippen molar-refractivity contribution in [2.45, 2.75) is 38.0 Å². The highest BCUT2D eigenvalue weighted by atomic mass is 16.5. The molecule has 1 aliphatic rings. The zero-order chi connectivity index (χ0) is 12.5. The first kappa shape index (κ1) is 12.4. The molecule has 1 aromatic carbocycles. The molecule has 2 nitrogen and oxygen atoms in total. The van der Waals surface area contributed by atoms with Gasteiger partial charge in [-0.15, -0.1) is 0 Å². The molecule has 0 aliphatic heterocycles. The van der Waals surface area contributed by atoms with Crippen LogP contribution in [0.2, 0.25) is 0 Å². The Morgan fingerprint density at radius 1 is 1.35 bits per heavy atom. The van der Waals surface area contributed by atoms with E-state index in [1.165, 1.54) is 24.0 Å². The molecule has 2 rings (SSSR count). The Morgan fingerprint density at radius 2 is 2.06 bits per heavy atom. The van der Waals surface area contributed by atoms with Crippen LogP contribution in [0.1, 0.15) is 43.7 Å². The van der Waals surface area contributed by atoms with Crippen molar-refractivity contribution in [3.05, 3.63) is 29.3 Å². The van der Waals surface area contributed by atoms with Gasteiger partial charge in [0.25, 0.3) is 0 Å². The molecule has 0 heterocycles. The molecule has 1 fully saturated rings. The van der Waals surface area contributed by atoms with Gasteiger partial charge in [0.2, 0.25) is 0 Å². The Bertz CT molecular complexity index is 394. The van der Waals surface area contributed by atoms with E-state index >= 15 is 0 Å². The number of likely N-dealkylation sites (N-methyl/N-ethyl adjacent to an activating group) is 1. The smallest absolute Gasteiger partial charge is 0.122 e. The van der Waals surface area contributed by atoms with Gasteiger partial charge in [0.15, 0.2) is 0 Å². The minimum atomic E-state index is 0.394. The van der Waals surface area contributed by atoms with Gasteiger partial charge in [0, 0.05) is 12.0 Å². The summed E-state index contributed by atoms with van der Waals surface area (Å²) >= 11 is 0. The van der Waals surface area contributed by atoms with Crippen LogP contribution in [0.25, 0.3) is 0 Å². The van der Waals surface area contributed by atoms with Gasteiger partial charge >= 0.3 is 0 Å². The molecule has 0 radical (unpaired) electrons. The predicted octanol–water partition coefficient (Wildman–Crippen LogP) is 3.07. The van der Waals surface area contributed by atoms with Crippen molar-refractivity contribution in [1.82, 2.24) is 5.32 Å². The first-order valence-electron chi connectivity index (χ1n) is 6.46. The second-order valence-electron chi connectivity index (χ2n) is 5.42. The first-order chi connectivity index (χ1) is 8.13. The Kier molecular flexibility index (Phi) is 3.43. The SMILES string of the molecule is CNCC1(c2ccc(OC)c(C(C)C)c2)CC1. The van der Waals surface area contributed by atoms with Crippen LogP contribution in [-0.4, -0.2) is 20.7 Å². The van der Waals surface area contributed by atoms with Crippen molar-refractivity contribution in [2.24, 2.45) is 0 Å². The third-order valence-corrected chi connectivity index (χ3v) is 3.83. The maximum absolute atomic E-state index is 5.44. The summed E-state index contributed by atoms with van der Waals surface area (Å²) in [7, 11) is 3.79. The Balaban J connectivity index is 2.34. The highest BCUT2D eigenvalue weighted by Crippen LogP contribution is 2.48. The topological polar surface area (TPSA) is 21.3 Å². The van der Waals surface area contributed by atoms with Crippen molar-refractivity contribution in [2.75, 3.05) is 20.7 Å². The summed E-state index contributed by atoms with van der Waals surface area (Å²) in [6.45, 7) is 5.52. The molecule has 17 heavy (non-hydrogen) atoms. The number of rotatable bonds is 5. The van der Waals surface area contributed by atoms with Crippen LogP contribution in [0.15, 0.2) is 18.2 Å². The first-order valence-corrected chi connectivity index (χ1v) is 6.46. The maximum atomic E-state index is 5.44. The summed E-state index contributed by atoms with van der Waals surface area (Å²) in [6.07, 6.45) is 2.61. The molecule has 1 aliphatic carbocycles. The molecule has 2 heteroatoms. The number of hydrogen-bond acceptors (Lipinski definition) is 2. The van der Waals surface area contributed by atoms with E-state index in [1.807, 2.05) is 7.05 Å². The highest BCUT2D eigenvalue weighted by Gasteiger charge is 2.43. The van der Waals surface area contributed by atoms with Crippen molar-refractivity contribution in [1.29, 1.82) is 0 Å². The average Bonchev–Trinajstić information content (AvgIpc) is 3.09. The lowest BCUT2D eigenvalue weighted by atomic mass is 9.91. The second kappa shape index (κ2) is 4.69. The van der Waals surface area contributed by atoms with Crippen LogP contribution in [0.4, 0.5) is 0 Å². The van der Waals surface area contributed by atoms with Crippen LogP contribution in [0.5, 0.6) is 5.75 Å². The summed E-state index contributed by atoms with van der Waals surface area (Å²) in [5.74, 6) is 1.53. The maximum Gasteiger partial charge on any atom is 0.122 e. The lowest BCUT2D eigenvalue weighted by Gasteiger charge is -2.19. The molecule has 0 unspecified atom stereocenters. The number of hydrogen-bond donors (Lipinski definition) is 1. The summed E-state index contributed by atoms with van der Waals surface area (Å²) in [4.78, 5) is 0. The fraction of sp³-hybridized carbons (Fsp3) is 0.600. The van der Waals surface area contributed by atoms with E-state index < -0.39 is 0 Å². The normalized spacial score (nSPS) is 17.2. The van der Waals surface area contributed by atoms with Gasteiger partial charge in [0.05, 0.1) is 7.11 Å². The van der Waals surface area contributed by atoms with Gasteiger partial charge in [0.1, 0.15) is 5.75 Å².